The molecule has 0 aliphatic carbocycles. The molecule has 0 atom stereocenters. The van der Waals surface area contributed by atoms with Crippen molar-refractivity contribution in [1.29, 1.82) is 5.26 Å². The minimum atomic E-state index is -0.135. The fourth-order valence-corrected chi connectivity index (χ4v) is 1.96. The third-order valence-corrected chi connectivity index (χ3v) is 3.09. The Balaban J connectivity index is 1.84. The number of amides is 1. The van der Waals surface area contributed by atoms with Crippen LogP contribution in [0, 0.1) is 18.3 Å². The van der Waals surface area contributed by atoms with E-state index in [9.17, 15) is 4.79 Å². The minimum absolute atomic E-state index is 0.135. The zero-order valence-electron chi connectivity index (χ0n) is 12.3. The number of carbonyl (C=O) groups excluding carboxylic acids is 1. The van der Waals surface area contributed by atoms with Crippen LogP contribution < -0.4 is 15.8 Å². The summed E-state index contributed by atoms with van der Waals surface area (Å²) in [6, 6.07) is 14.2. The van der Waals surface area contributed by atoms with Crippen LogP contribution in [-0.4, -0.2) is 12.5 Å². The number of ether oxygens (including phenoxy) is 1. The van der Waals surface area contributed by atoms with Crippen LogP contribution in [-0.2, 0) is 4.79 Å². The fraction of sp³-hybridized carbons (Fsp3) is 0.176. The summed E-state index contributed by atoms with van der Waals surface area (Å²) < 4.78 is 5.47. The van der Waals surface area contributed by atoms with Crippen molar-refractivity contribution in [3.63, 3.8) is 0 Å². The molecule has 5 heteroatoms. The lowest BCUT2D eigenvalue weighted by atomic mass is 10.2. The zero-order valence-corrected chi connectivity index (χ0v) is 12.3. The standard InChI is InChI=1S/C17H17N3O2/c1-12-9-14(19)5-6-16(12)20-17(21)7-8-22-15-4-2-3-13(10-15)11-18/h2-6,9-10H,7-8,19H2,1H3,(H,20,21). The highest BCUT2D eigenvalue weighted by atomic mass is 16.5. The second-order valence-electron chi connectivity index (χ2n) is 4.86. The third kappa shape index (κ3) is 4.25. The Bertz CT molecular complexity index is 720. The maximum absolute atomic E-state index is 11.9. The first-order valence-electron chi connectivity index (χ1n) is 6.87. The van der Waals surface area contributed by atoms with Crippen LogP contribution in [0.5, 0.6) is 5.75 Å². The van der Waals surface area contributed by atoms with E-state index in [0.29, 0.717) is 17.0 Å². The first-order chi connectivity index (χ1) is 10.6. The van der Waals surface area contributed by atoms with Gasteiger partial charge in [-0.25, -0.2) is 0 Å². The largest absolute Gasteiger partial charge is 0.493 e. The van der Waals surface area contributed by atoms with Crippen LogP contribution in [0.1, 0.15) is 17.5 Å². The molecule has 22 heavy (non-hydrogen) atoms. The molecule has 2 aromatic rings. The average molecular weight is 295 g/mol. The Kier molecular flexibility index (Phi) is 4.99. The summed E-state index contributed by atoms with van der Waals surface area (Å²) in [6.07, 6.45) is 0.223. The number of nitrogens with zero attached hydrogens (tertiary/aromatic N) is 1. The predicted octanol–water partition coefficient (Wildman–Crippen LogP) is 2.86. The molecule has 2 rings (SSSR count). The number of nitrogens with one attached hydrogen (secondary N) is 1. The summed E-state index contributed by atoms with van der Waals surface area (Å²) >= 11 is 0. The van der Waals surface area contributed by atoms with E-state index in [1.807, 2.05) is 13.0 Å². The first kappa shape index (κ1) is 15.4. The van der Waals surface area contributed by atoms with Crippen molar-refractivity contribution < 1.29 is 9.53 Å². The molecule has 0 unspecified atom stereocenters. The van der Waals surface area contributed by atoms with E-state index < -0.39 is 0 Å². The van der Waals surface area contributed by atoms with Gasteiger partial charge in [0.05, 0.1) is 24.7 Å². The van der Waals surface area contributed by atoms with Gasteiger partial charge in [-0.3, -0.25) is 4.79 Å². The molecular weight excluding hydrogens is 278 g/mol. The van der Waals surface area contributed by atoms with Crippen molar-refractivity contribution in [3.05, 3.63) is 53.6 Å². The van der Waals surface area contributed by atoms with E-state index in [0.717, 1.165) is 11.3 Å². The Labute approximate surface area is 129 Å². The molecule has 0 aromatic heterocycles. The third-order valence-electron chi connectivity index (χ3n) is 3.09. The Hall–Kier alpha value is -3.00. The van der Waals surface area contributed by atoms with Gasteiger partial charge in [0.1, 0.15) is 5.75 Å². The molecule has 0 saturated heterocycles. The number of hydrogen-bond acceptors (Lipinski definition) is 4. The van der Waals surface area contributed by atoms with E-state index in [4.69, 9.17) is 15.7 Å². The maximum Gasteiger partial charge on any atom is 0.227 e. The van der Waals surface area contributed by atoms with Crippen molar-refractivity contribution in [2.45, 2.75) is 13.3 Å². The van der Waals surface area contributed by atoms with Gasteiger partial charge in [0.2, 0.25) is 5.91 Å². The van der Waals surface area contributed by atoms with Crippen LogP contribution in [0.3, 0.4) is 0 Å². The highest BCUT2D eigenvalue weighted by Gasteiger charge is 2.06. The topological polar surface area (TPSA) is 88.1 Å². The molecule has 0 fully saturated rings. The van der Waals surface area contributed by atoms with Gasteiger partial charge < -0.3 is 15.8 Å². The average Bonchev–Trinajstić information content (AvgIpc) is 2.50. The van der Waals surface area contributed by atoms with Crippen molar-refractivity contribution in [3.8, 4) is 11.8 Å². The highest BCUT2D eigenvalue weighted by Crippen LogP contribution is 2.18. The van der Waals surface area contributed by atoms with Gasteiger partial charge in [0.15, 0.2) is 0 Å². The van der Waals surface area contributed by atoms with Crippen LogP contribution in [0.4, 0.5) is 11.4 Å². The van der Waals surface area contributed by atoms with Crippen molar-refractivity contribution in [1.82, 2.24) is 0 Å². The van der Waals surface area contributed by atoms with Gasteiger partial charge in [0, 0.05) is 11.4 Å². The maximum atomic E-state index is 11.9. The summed E-state index contributed by atoms with van der Waals surface area (Å²) in [5, 5.41) is 11.6. The first-order valence-corrected chi connectivity index (χ1v) is 6.87. The normalized spacial score (nSPS) is 9.82. The zero-order chi connectivity index (χ0) is 15.9. The van der Waals surface area contributed by atoms with Crippen LogP contribution in [0.2, 0.25) is 0 Å². The number of anilines is 2. The summed E-state index contributed by atoms with van der Waals surface area (Å²) in [4.78, 5) is 11.9. The summed E-state index contributed by atoms with van der Waals surface area (Å²) in [5.74, 6) is 0.444. The Morgan fingerprint density at radius 2 is 2.14 bits per heavy atom. The van der Waals surface area contributed by atoms with E-state index in [1.165, 1.54) is 0 Å². The lowest BCUT2D eigenvalue weighted by molar-refractivity contribution is -0.116. The second-order valence-corrected chi connectivity index (χ2v) is 4.86. The Morgan fingerprint density at radius 3 is 2.86 bits per heavy atom. The highest BCUT2D eigenvalue weighted by molar-refractivity contribution is 5.91. The van der Waals surface area contributed by atoms with E-state index >= 15 is 0 Å². The van der Waals surface area contributed by atoms with Crippen molar-refractivity contribution in [2.24, 2.45) is 0 Å². The quantitative estimate of drug-likeness (QED) is 0.830. The summed E-state index contributed by atoms with van der Waals surface area (Å²) in [7, 11) is 0. The summed E-state index contributed by atoms with van der Waals surface area (Å²) in [5.41, 5.74) is 8.52. The Morgan fingerprint density at radius 1 is 1.32 bits per heavy atom. The molecule has 0 heterocycles. The molecule has 0 saturated carbocycles. The van der Waals surface area contributed by atoms with E-state index in [1.54, 1.807) is 42.5 Å². The van der Waals surface area contributed by atoms with Gasteiger partial charge in [0.25, 0.3) is 0 Å². The molecule has 5 nitrogen and oxygen atoms in total. The van der Waals surface area contributed by atoms with Gasteiger partial charge in [-0.05, 0) is 48.9 Å². The second kappa shape index (κ2) is 7.14. The molecule has 3 N–H and O–H groups in total. The van der Waals surface area contributed by atoms with Crippen LogP contribution in [0.25, 0.3) is 0 Å². The molecule has 0 aliphatic rings. The lowest BCUT2D eigenvalue weighted by Crippen LogP contribution is -2.16. The van der Waals surface area contributed by atoms with Gasteiger partial charge in [-0.1, -0.05) is 6.07 Å². The molecule has 0 aliphatic heterocycles. The molecule has 2 aromatic carbocycles. The van der Waals surface area contributed by atoms with Crippen molar-refractivity contribution >= 4 is 17.3 Å². The number of rotatable bonds is 5. The minimum Gasteiger partial charge on any atom is -0.493 e. The number of carbonyl (C=O) groups is 1. The lowest BCUT2D eigenvalue weighted by Gasteiger charge is -2.10. The van der Waals surface area contributed by atoms with Gasteiger partial charge in [-0.2, -0.15) is 5.26 Å². The number of nitrogens with two attached hydrogens (primary N) is 1. The molecule has 0 bridgehead atoms. The van der Waals surface area contributed by atoms with E-state index in [-0.39, 0.29) is 18.9 Å². The smallest absolute Gasteiger partial charge is 0.227 e. The number of nitriles is 1. The van der Waals surface area contributed by atoms with Crippen molar-refractivity contribution in [2.75, 3.05) is 17.7 Å². The molecule has 1 amide bonds. The number of benzene rings is 2. The number of nitrogen functional groups attached to an aromatic ring is 1. The molecular formula is C17H17N3O2. The number of aryl methyl sites for hydroxylation is 1. The van der Waals surface area contributed by atoms with E-state index in [2.05, 4.69) is 5.32 Å². The van der Waals surface area contributed by atoms with Crippen LogP contribution in [0.15, 0.2) is 42.5 Å². The monoisotopic (exact) mass is 295 g/mol. The summed E-state index contributed by atoms with van der Waals surface area (Å²) in [6.45, 7) is 2.13. The fourth-order valence-electron chi connectivity index (χ4n) is 1.96. The number of hydrogen-bond donors (Lipinski definition) is 2. The molecule has 0 radical (unpaired) electrons. The van der Waals surface area contributed by atoms with Crippen LogP contribution >= 0.6 is 0 Å². The van der Waals surface area contributed by atoms with Gasteiger partial charge >= 0.3 is 0 Å². The SMILES string of the molecule is Cc1cc(N)ccc1NC(=O)CCOc1cccc(C#N)c1. The molecule has 112 valence electrons. The predicted molar refractivity (Wildman–Crippen MR) is 85.5 cm³/mol. The van der Waals surface area contributed by atoms with Gasteiger partial charge in [-0.15, -0.1) is 0 Å². The molecule has 0 spiro atoms.